The number of alkyl halides is 1. The molecule has 0 bridgehead atoms. The second-order valence-corrected chi connectivity index (χ2v) is 3.40. The molecule has 1 heterocycles. The number of rotatable bonds is 2. The van der Waals surface area contributed by atoms with E-state index in [1.165, 1.54) is 0 Å². The minimum Gasteiger partial charge on any atom is -0.465 e. The zero-order chi connectivity index (χ0) is 7.56. The predicted molar refractivity (Wildman–Crippen MR) is 45.2 cm³/mol. The molecule has 0 radical (unpaired) electrons. The molecule has 1 aromatic rings. The summed E-state index contributed by atoms with van der Waals surface area (Å²) in [5.41, 5.74) is 0. The number of aliphatic hydroxyl groups is 1. The van der Waals surface area contributed by atoms with Crippen molar-refractivity contribution in [3.05, 3.63) is 22.6 Å². The summed E-state index contributed by atoms with van der Waals surface area (Å²) in [7, 11) is 0. The molecule has 2 nitrogen and oxygen atoms in total. The standard InChI is InChI=1S/C6H6Br2O2/c7-2-5(9)6-1-4(8)3-10-6/h1,3,5,9H,2H2. The van der Waals surface area contributed by atoms with Gasteiger partial charge in [-0.25, -0.2) is 0 Å². The van der Waals surface area contributed by atoms with Crippen molar-refractivity contribution >= 4 is 31.9 Å². The minimum absolute atomic E-state index is 0.493. The van der Waals surface area contributed by atoms with Crippen LogP contribution in [0.2, 0.25) is 0 Å². The first-order valence-corrected chi connectivity index (χ1v) is 4.63. The molecule has 1 unspecified atom stereocenters. The van der Waals surface area contributed by atoms with E-state index >= 15 is 0 Å². The fourth-order valence-corrected chi connectivity index (χ4v) is 1.22. The van der Waals surface area contributed by atoms with Crippen molar-refractivity contribution in [1.29, 1.82) is 0 Å². The number of aliphatic hydroxyl groups excluding tert-OH is 1. The second-order valence-electron chi connectivity index (χ2n) is 1.84. The summed E-state index contributed by atoms with van der Waals surface area (Å²) in [6.45, 7) is 0. The van der Waals surface area contributed by atoms with Gasteiger partial charge in [-0.3, -0.25) is 0 Å². The van der Waals surface area contributed by atoms with Crippen molar-refractivity contribution in [3.8, 4) is 0 Å². The Morgan fingerprint density at radius 1 is 1.70 bits per heavy atom. The molecule has 4 heteroatoms. The molecule has 0 amide bonds. The van der Waals surface area contributed by atoms with E-state index in [9.17, 15) is 5.11 Å². The van der Waals surface area contributed by atoms with E-state index in [1.807, 2.05) is 0 Å². The van der Waals surface area contributed by atoms with Crippen molar-refractivity contribution < 1.29 is 9.52 Å². The summed E-state index contributed by atoms with van der Waals surface area (Å²) in [6, 6.07) is 1.74. The molecule has 10 heavy (non-hydrogen) atoms. The molecule has 0 aromatic carbocycles. The number of hydrogen-bond acceptors (Lipinski definition) is 2. The normalized spacial score (nSPS) is 13.5. The first-order valence-electron chi connectivity index (χ1n) is 2.72. The highest BCUT2D eigenvalue weighted by molar-refractivity contribution is 9.10. The van der Waals surface area contributed by atoms with Gasteiger partial charge >= 0.3 is 0 Å². The highest BCUT2D eigenvalue weighted by Crippen LogP contribution is 2.21. The predicted octanol–water partition coefficient (Wildman–Crippen LogP) is 2.47. The van der Waals surface area contributed by atoms with E-state index in [0.717, 1.165) is 4.47 Å². The Kier molecular flexibility index (Phi) is 2.95. The molecule has 0 aliphatic heterocycles. The smallest absolute Gasteiger partial charge is 0.134 e. The fourth-order valence-electron chi connectivity index (χ4n) is 0.579. The molecule has 0 aliphatic carbocycles. The van der Waals surface area contributed by atoms with Crippen LogP contribution in [0.25, 0.3) is 0 Å². The molecule has 0 fully saturated rings. The van der Waals surface area contributed by atoms with Crippen molar-refractivity contribution in [2.45, 2.75) is 6.10 Å². The first-order chi connectivity index (χ1) is 4.74. The third-order valence-electron chi connectivity index (χ3n) is 1.06. The molecule has 0 aliphatic rings. The van der Waals surface area contributed by atoms with E-state index in [2.05, 4.69) is 31.9 Å². The van der Waals surface area contributed by atoms with Crippen LogP contribution in [0.15, 0.2) is 21.2 Å². The topological polar surface area (TPSA) is 33.4 Å². The van der Waals surface area contributed by atoms with Crippen LogP contribution in [0.3, 0.4) is 0 Å². The quantitative estimate of drug-likeness (QED) is 0.837. The van der Waals surface area contributed by atoms with Crippen molar-refractivity contribution in [1.82, 2.24) is 0 Å². The molecule has 1 atom stereocenters. The molecular weight excluding hydrogens is 264 g/mol. The van der Waals surface area contributed by atoms with Gasteiger partial charge in [0.25, 0.3) is 0 Å². The molecule has 0 saturated carbocycles. The van der Waals surface area contributed by atoms with E-state index in [4.69, 9.17) is 4.42 Å². The second kappa shape index (κ2) is 3.55. The molecule has 0 saturated heterocycles. The van der Waals surface area contributed by atoms with Crippen LogP contribution in [-0.2, 0) is 0 Å². The van der Waals surface area contributed by atoms with Gasteiger partial charge in [0, 0.05) is 5.33 Å². The van der Waals surface area contributed by atoms with E-state index in [0.29, 0.717) is 11.1 Å². The van der Waals surface area contributed by atoms with Crippen molar-refractivity contribution in [3.63, 3.8) is 0 Å². The maximum atomic E-state index is 9.18. The fraction of sp³-hybridized carbons (Fsp3) is 0.333. The van der Waals surface area contributed by atoms with Crippen LogP contribution in [0.1, 0.15) is 11.9 Å². The van der Waals surface area contributed by atoms with E-state index < -0.39 is 6.10 Å². The van der Waals surface area contributed by atoms with Crippen LogP contribution in [0.5, 0.6) is 0 Å². The van der Waals surface area contributed by atoms with Crippen LogP contribution in [-0.4, -0.2) is 10.4 Å². The Balaban J connectivity index is 2.74. The number of furan rings is 1. The maximum absolute atomic E-state index is 9.18. The SMILES string of the molecule is OC(CBr)c1cc(Br)co1. The summed E-state index contributed by atoms with van der Waals surface area (Å²) in [4.78, 5) is 0. The van der Waals surface area contributed by atoms with Gasteiger partial charge in [-0.1, -0.05) is 15.9 Å². The molecule has 1 aromatic heterocycles. The highest BCUT2D eigenvalue weighted by Gasteiger charge is 2.08. The van der Waals surface area contributed by atoms with Crippen molar-refractivity contribution in [2.24, 2.45) is 0 Å². The van der Waals surface area contributed by atoms with Gasteiger partial charge in [0.05, 0.1) is 4.47 Å². The summed E-state index contributed by atoms with van der Waals surface area (Å²) < 4.78 is 5.84. The minimum atomic E-state index is -0.550. The molecule has 56 valence electrons. The molecular formula is C6H6Br2O2. The lowest BCUT2D eigenvalue weighted by atomic mass is 10.3. The average Bonchev–Trinajstić information content (AvgIpc) is 2.34. The van der Waals surface area contributed by atoms with Gasteiger partial charge in [-0.2, -0.15) is 0 Å². The molecule has 1 N–H and O–H groups in total. The van der Waals surface area contributed by atoms with Crippen LogP contribution < -0.4 is 0 Å². The van der Waals surface area contributed by atoms with Gasteiger partial charge in [-0.15, -0.1) is 0 Å². The van der Waals surface area contributed by atoms with E-state index in [1.54, 1.807) is 12.3 Å². The Labute approximate surface area is 75.5 Å². The zero-order valence-corrected chi connectivity index (χ0v) is 8.22. The maximum Gasteiger partial charge on any atom is 0.134 e. The van der Waals surface area contributed by atoms with Gasteiger partial charge in [0.15, 0.2) is 0 Å². The summed E-state index contributed by atoms with van der Waals surface area (Å²) in [5, 5.41) is 9.67. The van der Waals surface area contributed by atoms with Gasteiger partial charge in [0.1, 0.15) is 18.1 Å². The Bertz CT molecular complexity index is 209. The lowest BCUT2D eigenvalue weighted by Gasteiger charge is -1.99. The monoisotopic (exact) mass is 268 g/mol. The zero-order valence-electron chi connectivity index (χ0n) is 5.05. The average molecular weight is 270 g/mol. The summed E-state index contributed by atoms with van der Waals surface area (Å²) >= 11 is 6.34. The highest BCUT2D eigenvalue weighted by atomic mass is 79.9. The number of halogens is 2. The third-order valence-corrected chi connectivity index (χ3v) is 2.09. The van der Waals surface area contributed by atoms with Gasteiger partial charge in [0.2, 0.25) is 0 Å². The van der Waals surface area contributed by atoms with Crippen molar-refractivity contribution in [2.75, 3.05) is 5.33 Å². The third kappa shape index (κ3) is 1.84. The first kappa shape index (κ1) is 8.30. The largest absolute Gasteiger partial charge is 0.465 e. The molecule has 0 spiro atoms. The molecule has 1 rings (SSSR count). The summed E-state index contributed by atoms with van der Waals surface area (Å²) in [6.07, 6.45) is 0.993. The number of hydrogen-bond donors (Lipinski definition) is 1. The van der Waals surface area contributed by atoms with Crippen LogP contribution in [0, 0.1) is 0 Å². The Hall–Kier alpha value is 0.200. The Morgan fingerprint density at radius 2 is 2.40 bits per heavy atom. The lowest BCUT2D eigenvalue weighted by molar-refractivity contribution is 0.175. The Morgan fingerprint density at radius 3 is 2.80 bits per heavy atom. The van der Waals surface area contributed by atoms with Crippen LogP contribution >= 0.6 is 31.9 Å². The lowest BCUT2D eigenvalue weighted by Crippen LogP contribution is -1.94. The van der Waals surface area contributed by atoms with Gasteiger partial charge in [-0.05, 0) is 22.0 Å². The summed E-state index contributed by atoms with van der Waals surface area (Å²) in [5.74, 6) is 0.573. The van der Waals surface area contributed by atoms with Gasteiger partial charge < -0.3 is 9.52 Å². The van der Waals surface area contributed by atoms with Crippen LogP contribution in [0.4, 0.5) is 0 Å². The van der Waals surface area contributed by atoms with E-state index in [-0.39, 0.29) is 0 Å².